The molecule has 1 unspecified atom stereocenters. The maximum Gasteiger partial charge on any atom is 0.326 e. The average molecular weight is 357 g/mol. The minimum atomic E-state index is -1.17. The van der Waals surface area contributed by atoms with Gasteiger partial charge in [0.25, 0.3) is 5.91 Å². The van der Waals surface area contributed by atoms with Gasteiger partial charge in [0.2, 0.25) is 5.56 Å². The predicted molar refractivity (Wildman–Crippen MR) is 94.0 cm³/mol. The van der Waals surface area contributed by atoms with E-state index < -0.39 is 17.9 Å². The quantitative estimate of drug-likeness (QED) is 0.644. The summed E-state index contributed by atoms with van der Waals surface area (Å²) in [5.41, 5.74) is 2.95. The van der Waals surface area contributed by atoms with Gasteiger partial charge in [0.05, 0.1) is 11.2 Å². The van der Waals surface area contributed by atoms with Crippen LogP contribution in [0, 0.1) is 6.92 Å². The number of carboxylic acid groups (broad SMARTS) is 1. The van der Waals surface area contributed by atoms with Crippen molar-refractivity contribution in [3.63, 3.8) is 0 Å². The molecule has 3 rings (SSSR count). The van der Waals surface area contributed by atoms with Gasteiger partial charge in [-0.3, -0.25) is 9.59 Å². The van der Waals surface area contributed by atoms with Gasteiger partial charge in [-0.05, 0) is 18.6 Å². The van der Waals surface area contributed by atoms with Gasteiger partial charge in [-0.25, -0.2) is 9.78 Å². The lowest BCUT2D eigenvalue weighted by Gasteiger charge is -2.15. The van der Waals surface area contributed by atoms with E-state index in [2.05, 4.69) is 15.3 Å². The van der Waals surface area contributed by atoms with Gasteiger partial charge in [0, 0.05) is 23.4 Å². The van der Waals surface area contributed by atoms with E-state index in [-0.39, 0.29) is 12.0 Å². The lowest BCUT2D eigenvalue weighted by molar-refractivity contribution is -0.139. The van der Waals surface area contributed by atoms with Gasteiger partial charge in [0.1, 0.15) is 10.9 Å². The fraction of sp³-hybridized carbons (Fsp3) is 0.176. The first-order chi connectivity index (χ1) is 12.0. The number of hydrogen-bond donors (Lipinski definition) is 3. The highest BCUT2D eigenvalue weighted by Gasteiger charge is 2.24. The number of para-hydroxylation sites is 1. The van der Waals surface area contributed by atoms with Crippen molar-refractivity contribution in [2.75, 3.05) is 0 Å². The Morgan fingerprint density at radius 1 is 1.36 bits per heavy atom. The number of aromatic amines is 1. The largest absolute Gasteiger partial charge is 0.480 e. The summed E-state index contributed by atoms with van der Waals surface area (Å²) in [6, 6.07) is 7.34. The number of pyridine rings is 1. The van der Waals surface area contributed by atoms with Gasteiger partial charge >= 0.3 is 5.97 Å². The molecule has 1 amide bonds. The third-order valence-corrected chi connectivity index (χ3v) is 4.74. The summed E-state index contributed by atoms with van der Waals surface area (Å²) in [6.45, 7) is 1.69. The minimum Gasteiger partial charge on any atom is -0.480 e. The number of aliphatic carboxylic acids is 1. The zero-order chi connectivity index (χ0) is 18.0. The molecule has 2 heterocycles. The van der Waals surface area contributed by atoms with Crippen LogP contribution in [0.3, 0.4) is 0 Å². The molecule has 0 aliphatic rings. The maximum atomic E-state index is 12.3. The van der Waals surface area contributed by atoms with Crippen molar-refractivity contribution in [2.45, 2.75) is 19.4 Å². The minimum absolute atomic E-state index is 0.00333. The highest BCUT2D eigenvalue weighted by molar-refractivity contribution is 7.11. The van der Waals surface area contributed by atoms with Crippen LogP contribution >= 0.6 is 11.3 Å². The van der Waals surface area contributed by atoms with Crippen LogP contribution in [0.5, 0.6) is 0 Å². The van der Waals surface area contributed by atoms with Crippen LogP contribution in [0.1, 0.15) is 20.9 Å². The number of carbonyl (C=O) groups excluding carboxylic acids is 1. The number of amides is 1. The molecular weight excluding hydrogens is 342 g/mol. The number of hydrogen-bond acceptors (Lipinski definition) is 5. The van der Waals surface area contributed by atoms with Crippen LogP contribution in [0.4, 0.5) is 0 Å². The van der Waals surface area contributed by atoms with Gasteiger partial charge in [-0.2, -0.15) is 0 Å². The summed E-state index contributed by atoms with van der Waals surface area (Å²) in [5.74, 6) is -1.65. The van der Waals surface area contributed by atoms with E-state index in [1.165, 1.54) is 11.6 Å². The Balaban J connectivity index is 1.91. The molecule has 3 N–H and O–H groups in total. The highest BCUT2D eigenvalue weighted by Crippen LogP contribution is 2.17. The second-order valence-electron chi connectivity index (χ2n) is 5.54. The van der Waals surface area contributed by atoms with E-state index in [0.29, 0.717) is 21.7 Å². The number of aryl methyl sites for hydroxylation is 1. The fourth-order valence-electron chi connectivity index (χ4n) is 2.61. The van der Waals surface area contributed by atoms with Crippen molar-refractivity contribution in [1.29, 1.82) is 0 Å². The van der Waals surface area contributed by atoms with Crippen molar-refractivity contribution >= 4 is 34.1 Å². The molecule has 7 nitrogen and oxygen atoms in total. The normalized spacial score (nSPS) is 12.0. The van der Waals surface area contributed by atoms with Crippen LogP contribution < -0.4 is 10.9 Å². The maximum absolute atomic E-state index is 12.3. The second kappa shape index (κ2) is 6.86. The first-order valence-corrected chi connectivity index (χ1v) is 8.38. The molecule has 0 saturated heterocycles. The van der Waals surface area contributed by atoms with E-state index >= 15 is 0 Å². The molecule has 2 aromatic heterocycles. The topological polar surface area (TPSA) is 112 Å². The number of carboxylic acids is 1. The zero-order valence-corrected chi connectivity index (χ0v) is 14.1. The fourth-order valence-corrected chi connectivity index (χ4v) is 3.31. The van der Waals surface area contributed by atoms with Crippen molar-refractivity contribution in [2.24, 2.45) is 0 Å². The van der Waals surface area contributed by atoms with Crippen molar-refractivity contribution < 1.29 is 14.7 Å². The molecule has 1 atom stereocenters. The molecule has 0 saturated carbocycles. The van der Waals surface area contributed by atoms with Gasteiger partial charge in [-0.15, -0.1) is 11.3 Å². The first kappa shape index (κ1) is 16.8. The molecule has 0 fully saturated rings. The molecule has 0 radical (unpaired) electrons. The molecule has 25 heavy (non-hydrogen) atoms. The van der Waals surface area contributed by atoms with E-state index in [1.54, 1.807) is 31.2 Å². The number of benzene rings is 1. The van der Waals surface area contributed by atoms with Crippen LogP contribution in [0.15, 0.2) is 40.6 Å². The van der Waals surface area contributed by atoms with Crippen LogP contribution in [0.2, 0.25) is 0 Å². The summed E-state index contributed by atoms with van der Waals surface area (Å²) >= 11 is 1.15. The Bertz CT molecular complexity index is 1010. The first-order valence-electron chi connectivity index (χ1n) is 7.50. The number of fused-ring (bicyclic) bond motifs is 1. The van der Waals surface area contributed by atoms with Gasteiger partial charge in [-0.1, -0.05) is 18.2 Å². The predicted octanol–water partition coefficient (Wildman–Crippen LogP) is 1.72. The number of H-pyrrole nitrogens is 1. The molecule has 3 aromatic rings. The number of nitrogens with zero attached hydrogens (tertiary/aromatic N) is 1. The Labute approximate surface area is 146 Å². The number of carbonyl (C=O) groups is 2. The van der Waals surface area contributed by atoms with E-state index in [9.17, 15) is 19.5 Å². The lowest BCUT2D eigenvalue weighted by atomic mass is 10.0. The van der Waals surface area contributed by atoms with E-state index in [1.807, 2.05) is 0 Å². The van der Waals surface area contributed by atoms with Crippen molar-refractivity contribution in [1.82, 2.24) is 15.3 Å². The van der Waals surface area contributed by atoms with E-state index in [0.717, 1.165) is 16.7 Å². The summed E-state index contributed by atoms with van der Waals surface area (Å²) in [6.07, 6.45) is 0.00333. The number of nitrogens with one attached hydrogen (secondary N) is 2. The Hall–Kier alpha value is -3.00. The monoisotopic (exact) mass is 357 g/mol. The third-order valence-electron chi connectivity index (χ3n) is 3.82. The standard InChI is InChI=1S/C17H15N3O4S/c1-9-15(25-8-18-9)16(22)20-13(17(23)24)6-10-7-14(21)19-12-5-3-2-4-11(10)12/h2-5,7-8,13H,6H2,1H3,(H,19,21)(H,20,22)(H,23,24). The molecular formula is C17H15N3O4S. The van der Waals surface area contributed by atoms with Gasteiger partial charge in [0.15, 0.2) is 0 Å². The van der Waals surface area contributed by atoms with Crippen molar-refractivity contribution in [3.8, 4) is 0 Å². The van der Waals surface area contributed by atoms with Gasteiger partial charge < -0.3 is 15.4 Å². The smallest absolute Gasteiger partial charge is 0.326 e. The second-order valence-corrected chi connectivity index (χ2v) is 6.39. The SMILES string of the molecule is Cc1ncsc1C(=O)NC(Cc1cc(=O)[nH]c2ccccc12)C(=O)O. The Morgan fingerprint density at radius 2 is 2.12 bits per heavy atom. The number of aromatic nitrogens is 2. The Kier molecular flexibility index (Phi) is 4.62. The van der Waals surface area contributed by atoms with E-state index in [4.69, 9.17) is 0 Å². The van der Waals surface area contributed by atoms with Crippen LogP contribution in [-0.4, -0.2) is 33.0 Å². The molecule has 0 spiro atoms. The summed E-state index contributed by atoms with van der Waals surface area (Å²) in [5, 5.41) is 12.7. The van der Waals surface area contributed by atoms with Crippen molar-refractivity contribution in [3.05, 3.63) is 62.3 Å². The summed E-state index contributed by atoms with van der Waals surface area (Å²) in [7, 11) is 0. The summed E-state index contributed by atoms with van der Waals surface area (Å²) < 4.78 is 0. The molecule has 8 heteroatoms. The molecule has 0 aliphatic carbocycles. The Morgan fingerprint density at radius 3 is 2.80 bits per heavy atom. The molecule has 1 aromatic carbocycles. The third kappa shape index (κ3) is 3.58. The molecule has 0 bridgehead atoms. The number of thiazole rings is 1. The average Bonchev–Trinajstić information content (AvgIpc) is 3.00. The molecule has 0 aliphatic heterocycles. The molecule has 128 valence electrons. The number of rotatable bonds is 5. The van der Waals surface area contributed by atoms with Crippen LogP contribution in [0.25, 0.3) is 10.9 Å². The zero-order valence-electron chi connectivity index (χ0n) is 13.3. The lowest BCUT2D eigenvalue weighted by Crippen LogP contribution is -2.42. The van der Waals surface area contributed by atoms with Crippen LogP contribution in [-0.2, 0) is 11.2 Å². The highest BCUT2D eigenvalue weighted by atomic mass is 32.1. The summed E-state index contributed by atoms with van der Waals surface area (Å²) in [4.78, 5) is 42.8.